The van der Waals surface area contributed by atoms with Gasteiger partial charge in [0.1, 0.15) is 11.5 Å². The largest absolute Gasteiger partial charge is 0.396 e. The first-order valence-electron chi connectivity index (χ1n) is 6.85. The number of hydrogen-bond donors (Lipinski definition) is 3. The molecule has 104 valence electrons. The smallest absolute Gasteiger partial charge is 0.267 e. The fraction of sp³-hybridized carbons (Fsp3) is 0.571. The van der Waals surface area contributed by atoms with Gasteiger partial charge >= 0.3 is 0 Å². The van der Waals surface area contributed by atoms with Crippen molar-refractivity contribution in [1.82, 2.24) is 4.98 Å². The maximum absolute atomic E-state index is 11.2. The Hall–Kier alpha value is -1.78. The zero-order valence-electron chi connectivity index (χ0n) is 11.5. The third-order valence-corrected chi connectivity index (χ3v) is 4.25. The first-order valence-corrected chi connectivity index (χ1v) is 6.85. The lowest BCUT2D eigenvalue weighted by Crippen LogP contribution is -2.26. The third kappa shape index (κ3) is 2.80. The summed E-state index contributed by atoms with van der Waals surface area (Å²) in [6.07, 6.45) is 3.54. The Balaban J connectivity index is 2.15. The summed E-state index contributed by atoms with van der Waals surface area (Å²) in [4.78, 5) is 15.4. The van der Waals surface area contributed by atoms with Crippen molar-refractivity contribution in [2.24, 2.45) is 17.6 Å². The summed E-state index contributed by atoms with van der Waals surface area (Å²) in [5.74, 6) is 1.38. The fourth-order valence-electron chi connectivity index (χ4n) is 2.93. The summed E-state index contributed by atoms with van der Waals surface area (Å²) in [5.41, 5.74) is 11.9. The van der Waals surface area contributed by atoms with E-state index in [0.717, 1.165) is 12.3 Å². The summed E-state index contributed by atoms with van der Waals surface area (Å²) in [6.45, 7) is 4.48. The number of aromatic nitrogens is 1. The second kappa shape index (κ2) is 5.47. The monoisotopic (exact) mass is 262 g/mol. The van der Waals surface area contributed by atoms with Gasteiger partial charge in [-0.05, 0) is 36.8 Å². The maximum atomic E-state index is 11.2. The number of carbonyl (C=O) groups excluding carboxylic acids is 1. The molecule has 1 amide bonds. The molecule has 0 bridgehead atoms. The predicted molar refractivity (Wildman–Crippen MR) is 76.8 cm³/mol. The molecule has 5 N–H and O–H groups in total. The van der Waals surface area contributed by atoms with Crippen molar-refractivity contribution in [3.63, 3.8) is 0 Å². The molecule has 5 heteroatoms. The van der Waals surface area contributed by atoms with E-state index in [-0.39, 0.29) is 5.69 Å². The van der Waals surface area contributed by atoms with E-state index in [0.29, 0.717) is 23.5 Å². The van der Waals surface area contributed by atoms with Crippen LogP contribution in [0.3, 0.4) is 0 Å². The molecule has 1 aromatic heterocycles. The number of anilines is 2. The normalized spacial score (nSPS) is 26.3. The molecule has 1 saturated carbocycles. The van der Waals surface area contributed by atoms with Gasteiger partial charge in [0.2, 0.25) is 0 Å². The van der Waals surface area contributed by atoms with Crippen molar-refractivity contribution in [2.75, 3.05) is 11.1 Å². The van der Waals surface area contributed by atoms with Crippen LogP contribution in [0.1, 0.15) is 43.6 Å². The molecule has 0 aromatic carbocycles. The molecule has 1 heterocycles. The van der Waals surface area contributed by atoms with Gasteiger partial charge in [-0.15, -0.1) is 0 Å². The highest BCUT2D eigenvalue weighted by molar-refractivity contribution is 5.91. The van der Waals surface area contributed by atoms with Crippen molar-refractivity contribution in [3.8, 4) is 0 Å². The number of pyridine rings is 1. The van der Waals surface area contributed by atoms with Gasteiger partial charge in [-0.1, -0.05) is 20.3 Å². The van der Waals surface area contributed by atoms with Gasteiger partial charge in [0, 0.05) is 6.04 Å². The molecule has 0 spiro atoms. The Morgan fingerprint density at radius 2 is 2.21 bits per heavy atom. The lowest BCUT2D eigenvalue weighted by Gasteiger charge is -2.22. The van der Waals surface area contributed by atoms with E-state index < -0.39 is 5.91 Å². The first kappa shape index (κ1) is 13.6. The Morgan fingerprint density at radius 3 is 2.79 bits per heavy atom. The molecule has 1 fully saturated rings. The highest BCUT2D eigenvalue weighted by atomic mass is 16.1. The fourth-order valence-corrected chi connectivity index (χ4v) is 2.93. The number of primary amides is 1. The van der Waals surface area contributed by atoms with Crippen LogP contribution in [-0.2, 0) is 0 Å². The van der Waals surface area contributed by atoms with Crippen molar-refractivity contribution in [3.05, 3.63) is 17.8 Å². The first-order chi connectivity index (χ1) is 9.02. The molecular weight excluding hydrogens is 240 g/mol. The summed E-state index contributed by atoms with van der Waals surface area (Å²) in [7, 11) is 0. The van der Waals surface area contributed by atoms with Gasteiger partial charge in [0.25, 0.3) is 5.91 Å². The summed E-state index contributed by atoms with van der Waals surface area (Å²) in [6, 6.07) is 3.59. The number of nitrogens with one attached hydrogen (secondary N) is 1. The minimum absolute atomic E-state index is 0.245. The van der Waals surface area contributed by atoms with Crippen LogP contribution in [0.25, 0.3) is 0 Å². The zero-order valence-corrected chi connectivity index (χ0v) is 11.5. The second-order valence-electron chi connectivity index (χ2n) is 5.35. The van der Waals surface area contributed by atoms with Crippen molar-refractivity contribution in [1.29, 1.82) is 0 Å². The summed E-state index contributed by atoms with van der Waals surface area (Å²) in [5, 5.41) is 3.37. The molecular formula is C14H22N4O. The number of carbonyl (C=O) groups is 1. The van der Waals surface area contributed by atoms with Crippen LogP contribution in [-0.4, -0.2) is 16.9 Å². The summed E-state index contributed by atoms with van der Waals surface area (Å²) < 4.78 is 0. The topological polar surface area (TPSA) is 94.0 Å². The van der Waals surface area contributed by atoms with Crippen molar-refractivity contribution < 1.29 is 4.79 Å². The van der Waals surface area contributed by atoms with Gasteiger partial charge in [0.05, 0.1) is 5.69 Å². The Labute approximate surface area is 113 Å². The van der Waals surface area contributed by atoms with Gasteiger partial charge in [0.15, 0.2) is 0 Å². The molecule has 2 rings (SSSR count). The molecule has 3 unspecified atom stereocenters. The van der Waals surface area contributed by atoms with Crippen molar-refractivity contribution in [2.45, 2.75) is 39.2 Å². The number of rotatable bonds is 4. The van der Waals surface area contributed by atoms with E-state index in [9.17, 15) is 4.79 Å². The van der Waals surface area contributed by atoms with Crippen LogP contribution >= 0.6 is 0 Å². The average Bonchev–Trinajstić information content (AvgIpc) is 2.73. The molecule has 1 aliphatic rings. The zero-order chi connectivity index (χ0) is 14.0. The molecule has 0 saturated heterocycles. The highest BCUT2D eigenvalue weighted by Crippen LogP contribution is 2.36. The van der Waals surface area contributed by atoms with Crippen LogP contribution in [0.4, 0.5) is 11.5 Å². The van der Waals surface area contributed by atoms with E-state index in [1.807, 2.05) is 0 Å². The Bertz CT molecular complexity index is 475. The van der Waals surface area contributed by atoms with Gasteiger partial charge in [-0.2, -0.15) is 0 Å². The lowest BCUT2D eigenvalue weighted by atomic mass is 9.93. The molecule has 0 radical (unpaired) electrons. The molecule has 1 aromatic rings. The number of hydrogen-bond acceptors (Lipinski definition) is 4. The number of nitrogens with zero attached hydrogens (tertiary/aromatic N) is 1. The molecule has 1 aliphatic carbocycles. The minimum atomic E-state index is -0.533. The van der Waals surface area contributed by atoms with Crippen LogP contribution in [0.15, 0.2) is 12.1 Å². The Kier molecular flexibility index (Phi) is 3.93. The summed E-state index contributed by atoms with van der Waals surface area (Å²) >= 11 is 0. The van der Waals surface area contributed by atoms with E-state index >= 15 is 0 Å². The number of nitrogen functional groups attached to an aromatic ring is 1. The SMILES string of the molecule is CCC1CCC(Nc2nc(C(N)=O)ccc2N)C1C. The molecule has 5 nitrogen and oxygen atoms in total. The minimum Gasteiger partial charge on any atom is -0.396 e. The average molecular weight is 262 g/mol. The van der Waals surface area contributed by atoms with Crippen LogP contribution in [0.5, 0.6) is 0 Å². The predicted octanol–water partition coefficient (Wildman–Crippen LogP) is 2.00. The second-order valence-corrected chi connectivity index (χ2v) is 5.35. The standard InChI is InChI=1S/C14H22N4O/c1-3-9-4-6-11(8(9)2)17-14-10(15)5-7-12(18-14)13(16)19/h5,7-9,11H,3-4,6,15H2,1-2H3,(H2,16,19)(H,17,18). The number of nitrogens with two attached hydrogens (primary N) is 2. The molecule has 3 atom stereocenters. The number of amides is 1. The lowest BCUT2D eigenvalue weighted by molar-refractivity contribution is 0.0995. The van der Waals surface area contributed by atoms with Crippen LogP contribution < -0.4 is 16.8 Å². The maximum Gasteiger partial charge on any atom is 0.267 e. The van der Waals surface area contributed by atoms with Gasteiger partial charge in [-0.3, -0.25) is 4.79 Å². The van der Waals surface area contributed by atoms with Crippen LogP contribution in [0.2, 0.25) is 0 Å². The van der Waals surface area contributed by atoms with E-state index in [2.05, 4.69) is 24.1 Å². The Morgan fingerprint density at radius 1 is 1.47 bits per heavy atom. The third-order valence-electron chi connectivity index (χ3n) is 4.25. The quantitative estimate of drug-likeness (QED) is 0.773. The van der Waals surface area contributed by atoms with Crippen molar-refractivity contribution >= 4 is 17.4 Å². The van der Waals surface area contributed by atoms with E-state index in [1.54, 1.807) is 12.1 Å². The molecule has 0 aliphatic heterocycles. The van der Waals surface area contributed by atoms with E-state index in [1.165, 1.54) is 12.8 Å². The van der Waals surface area contributed by atoms with E-state index in [4.69, 9.17) is 11.5 Å². The van der Waals surface area contributed by atoms with Crippen LogP contribution in [0, 0.1) is 11.8 Å². The molecule has 19 heavy (non-hydrogen) atoms. The highest BCUT2D eigenvalue weighted by Gasteiger charge is 2.31. The van der Waals surface area contributed by atoms with Gasteiger partial charge < -0.3 is 16.8 Å². The van der Waals surface area contributed by atoms with Gasteiger partial charge in [-0.25, -0.2) is 4.98 Å².